The molecule has 0 aromatic carbocycles. The molecular formula is C30H39N3O3S. The molecule has 6 nitrogen and oxygen atoms in total. The predicted octanol–water partition coefficient (Wildman–Crippen LogP) is 6.65. The van der Waals surface area contributed by atoms with Crippen molar-refractivity contribution in [2.45, 2.75) is 90.2 Å². The van der Waals surface area contributed by atoms with Gasteiger partial charge in [0.15, 0.2) is 5.78 Å². The number of ether oxygens (including phenoxy) is 1. The molecule has 3 fully saturated rings. The molecule has 4 aliphatic rings. The first-order valence-corrected chi connectivity index (χ1v) is 15.3. The number of fused-ring (bicyclic) bond motifs is 5. The van der Waals surface area contributed by atoms with Crippen molar-refractivity contribution >= 4 is 23.1 Å². The lowest BCUT2D eigenvalue weighted by Crippen LogP contribution is -2.39. The zero-order valence-corrected chi connectivity index (χ0v) is 22.9. The normalized spacial score (nSPS) is 36.5. The van der Waals surface area contributed by atoms with Crippen LogP contribution in [0, 0.1) is 35.5 Å². The summed E-state index contributed by atoms with van der Waals surface area (Å²) in [6, 6.07) is 4.40. The Morgan fingerprint density at radius 2 is 1.92 bits per heavy atom. The van der Waals surface area contributed by atoms with Gasteiger partial charge in [0.1, 0.15) is 11.8 Å². The second-order valence-corrected chi connectivity index (χ2v) is 12.8. The second kappa shape index (κ2) is 10.5. The molecule has 8 atom stereocenters. The van der Waals surface area contributed by atoms with Crippen LogP contribution < -0.4 is 0 Å². The van der Waals surface area contributed by atoms with Crippen LogP contribution in [0.5, 0.6) is 0 Å². The maximum atomic E-state index is 13.7. The quantitative estimate of drug-likeness (QED) is 0.423. The van der Waals surface area contributed by atoms with Crippen LogP contribution in [0.15, 0.2) is 35.4 Å². The van der Waals surface area contributed by atoms with Gasteiger partial charge < -0.3 is 4.74 Å². The van der Waals surface area contributed by atoms with E-state index in [0.717, 1.165) is 54.7 Å². The maximum absolute atomic E-state index is 13.7. The van der Waals surface area contributed by atoms with Crippen molar-refractivity contribution in [1.82, 2.24) is 15.0 Å². The Morgan fingerprint density at radius 1 is 1.08 bits per heavy atom. The summed E-state index contributed by atoms with van der Waals surface area (Å²) in [4.78, 5) is 28.1. The van der Waals surface area contributed by atoms with Gasteiger partial charge in [-0.15, -0.1) is 16.4 Å². The van der Waals surface area contributed by atoms with Gasteiger partial charge in [0, 0.05) is 11.8 Å². The number of rotatable bonds is 3. The Bertz CT molecular complexity index is 1150. The number of aromatic nitrogens is 3. The van der Waals surface area contributed by atoms with Crippen LogP contribution in [0.4, 0.5) is 0 Å². The smallest absolute Gasteiger partial charge is 0.306 e. The van der Waals surface area contributed by atoms with Crippen molar-refractivity contribution in [3.63, 3.8) is 0 Å². The Kier molecular flexibility index (Phi) is 7.08. The number of hydrogen-bond acceptors (Lipinski definition) is 6. The molecule has 0 bridgehead atoms. The van der Waals surface area contributed by atoms with E-state index < -0.39 is 0 Å². The average Bonchev–Trinajstić information content (AvgIpc) is 3.70. The fraction of sp³-hybridized carbons (Fsp3) is 0.667. The van der Waals surface area contributed by atoms with Crippen LogP contribution in [0.25, 0.3) is 10.6 Å². The van der Waals surface area contributed by atoms with E-state index in [-0.39, 0.29) is 41.7 Å². The lowest BCUT2D eigenvalue weighted by Gasteiger charge is -2.43. The van der Waals surface area contributed by atoms with E-state index in [1.165, 1.54) is 19.3 Å². The van der Waals surface area contributed by atoms with E-state index in [1.807, 2.05) is 6.07 Å². The SMILES string of the molecule is CC[C@H]1CCCC[C@@H](C)C(=O)C2=CC3[C@@H]4CCCC4[C@H](n4cc(-c5cccs5)nn4)C[C@H]3[C@@H]2CC(=O)O1. The van der Waals surface area contributed by atoms with E-state index >= 15 is 0 Å². The van der Waals surface area contributed by atoms with Crippen molar-refractivity contribution in [2.75, 3.05) is 0 Å². The highest BCUT2D eigenvalue weighted by atomic mass is 32.1. The molecule has 37 heavy (non-hydrogen) atoms. The van der Waals surface area contributed by atoms with Crippen molar-refractivity contribution in [3.8, 4) is 10.6 Å². The topological polar surface area (TPSA) is 74.1 Å². The van der Waals surface area contributed by atoms with Crippen LogP contribution in [0.3, 0.4) is 0 Å². The number of cyclic esters (lactones) is 1. The number of carbonyl (C=O) groups is 2. The number of hydrogen-bond donors (Lipinski definition) is 0. The fourth-order valence-corrected chi connectivity index (χ4v) is 8.62. The number of allylic oxidation sites excluding steroid dienone is 2. The summed E-state index contributed by atoms with van der Waals surface area (Å²) in [5.74, 6) is 1.84. The first-order chi connectivity index (χ1) is 18.0. The molecule has 2 saturated carbocycles. The molecule has 1 saturated heterocycles. The van der Waals surface area contributed by atoms with E-state index in [2.05, 4.69) is 52.6 Å². The molecule has 1 aliphatic heterocycles. The Hall–Kier alpha value is -2.28. The monoisotopic (exact) mass is 521 g/mol. The number of ketones is 1. The first-order valence-electron chi connectivity index (χ1n) is 14.4. The molecule has 2 aromatic heterocycles. The lowest BCUT2D eigenvalue weighted by atomic mass is 9.64. The minimum atomic E-state index is -0.129. The van der Waals surface area contributed by atoms with E-state index in [0.29, 0.717) is 24.2 Å². The molecule has 2 unspecified atom stereocenters. The van der Waals surface area contributed by atoms with Crippen LogP contribution >= 0.6 is 11.3 Å². The summed E-state index contributed by atoms with van der Waals surface area (Å²) >= 11 is 1.69. The van der Waals surface area contributed by atoms with Crippen LogP contribution in [0.1, 0.15) is 84.1 Å². The molecule has 3 aliphatic carbocycles. The van der Waals surface area contributed by atoms with Gasteiger partial charge >= 0.3 is 5.97 Å². The number of esters is 1. The molecule has 0 N–H and O–H groups in total. The minimum Gasteiger partial charge on any atom is -0.462 e. The number of thiophene rings is 1. The van der Waals surface area contributed by atoms with Crippen LogP contribution in [-0.4, -0.2) is 32.9 Å². The molecule has 0 radical (unpaired) electrons. The van der Waals surface area contributed by atoms with Gasteiger partial charge in [-0.1, -0.05) is 44.0 Å². The minimum absolute atomic E-state index is 0.00768. The Balaban J connectivity index is 1.32. The zero-order valence-electron chi connectivity index (χ0n) is 22.1. The molecule has 6 rings (SSSR count). The van der Waals surface area contributed by atoms with Crippen molar-refractivity contribution in [2.24, 2.45) is 35.5 Å². The van der Waals surface area contributed by atoms with Gasteiger partial charge in [-0.05, 0) is 85.6 Å². The number of carbonyl (C=O) groups excluding carboxylic acids is 2. The van der Waals surface area contributed by atoms with E-state index in [4.69, 9.17) is 4.74 Å². The lowest BCUT2D eigenvalue weighted by molar-refractivity contribution is -0.151. The molecule has 2 aromatic rings. The summed E-state index contributed by atoms with van der Waals surface area (Å²) in [7, 11) is 0. The largest absolute Gasteiger partial charge is 0.462 e. The second-order valence-electron chi connectivity index (χ2n) is 11.9. The van der Waals surface area contributed by atoms with Crippen molar-refractivity contribution in [1.29, 1.82) is 0 Å². The third kappa shape index (κ3) is 4.73. The molecule has 198 valence electrons. The van der Waals surface area contributed by atoms with Crippen LogP contribution in [0.2, 0.25) is 0 Å². The third-order valence-electron chi connectivity index (χ3n) is 9.82. The van der Waals surface area contributed by atoms with E-state index in [9.17, 15) is 9.59 Å². The van der Waals surface area contributed by atoms with E-state index in [1.54, 1.807) is 11.3 Å². The average molecular weight is 522 g/mol. The summed E-state index contributed by atoms with van der Waals surface area (Å²) in [6.07, 6.45) is 14.0. The van der Waals surface area contributed by atoms with Gasteiger partial charge in [-0.2, -0.15) is 0 Å². The zero-order chi connectivity index (χ0) is 25.5. The molecule has 3 heterocycles. The summed E-state index contributed by atoms with van der Waals surface area (Å²) in [6.45, 7) is 4.19. The van der Waals surface area contributed by atoms with Gasteiger partial charge in [-0.3, -0.25) is 9.59 Å². The Labute approximate surface area is 223 Å². The number of Topliss-reactive ketones (excluding diaryl/α,β-unsaturated/α-hetero) is 1. The highest BCUT2D eigenvalue weighted by Gasteiger charge is 2.53. The van der Waals surface area contributed by atoms with Gasteiger partial charge in [0.25, 0.3) is 0 Å². The van der Waals surface area contributed by atoms with Gasteiger partial charge in [-0.25, -0.2) is 4.68 Å². The predicted molar refractivity (Wildman–Crippen MR) is 144 cm³/mol. The highest BCUT2D eigenvalue weighted by Crippen LogP contribution is 2.59. The molecule has 0 amide bonds. The van der Waals surface area contributed by atoms with Crippen molar-refractivity contribution < 1.29 is 14.3 Å². The van der Waals surface area contributed by atoms with Crippen LogP contribution in [-0.2, 0) is 14.3 Å². The molecular weight excluding hydrogens is 482 g/mol. The fourth-order valence-electron chi connectivity index (χ4n) is 7.95. The first kappa shape index (κ1) is 25.0. The Morgan fingerprint density at radius 3 is 2.73 bits per heavy atom. The molecule has 0 spiro atoms. The maximum Gasteiger partial charge on any atom is 0.306 e. The highest BCUT2D eigenvalue weighted by molar-refractivity contribution is 7.13. The third-order valence-corrected chi connectivity index (χ3v) is 10.7. The summed E-state index contributed by atoms with van der Waals surface area (Å²) < 4.78 is 8.07. The van der Waals surface area contributed by atoms with Gasteiger partial charge in [0.05, 0.1) is 23.5 Å². The summed E-state index contributed by atoms with van der Waals surface area (Å²) in [5, 5.41) is 11.2. The van der Waals surface area contributed by atoms with Crippen molar-refractivity contribution in [3.05, 3.63) is 35.4 Å². The van der Waals surface area contributed by atoms with Gasteiger partial charge in [0.2, 0.25) is 0 Å². The summed E-state index contributed by atoms with van der Waals surface area (Å²) in [5.41, 5.74) is 1.86. The molecule has 7 heteroatoms. The number of nitrogens with zero attached hydrogens (tertiary/aromatic N) is 3. The standard InChI is InChI=1S/C30H39N3O3S/c1-3-19-9-5-4-8-18(2)30(35)25-14-22-20-10-6-11-21(20)27(15-23(22)24(25)16-29(34)36-19)33-17-26(31-32-33)28-12-7-13-37-28/h7,12-14,17-24,27H,3-6,8-11,15-16H2,1-2H3/t18-,19+,20-,21?,22?,23-,24+,27-/m1/s1.